The highest BCUT2D eigenvalue weighted by Crippen LogP contribution is 2.11. The molecule has 0 bridgehead atoms. The lowest BCUT2D eigenvalue weighted by Gasteiger charge is -2.28. The SMILES string of the molecule is CC(C)(NCC1CCNCC1)C(N)=O. The molecule has 1 heterocycles. The van der Waals surface area contributed by atoms with Crippen LogP contribution in [0.5, 0.6) is 0 Å². The van der Waals surface area contributed by atoms with Crippen molar-refractivity contribution in [2.75, 3.05) is 19.6 Å². The largest absolute Gasteiger partial charge is 0.368 e. The zero-order valence-electron chi connectivity index (χ0n) is 9.10. The molecule has 0 unspecified atom stereocenters. The number of piperidine rings is 1. The van der Waals surface area contributed by atoms with Gasteiger partial charge in [0.1, 0.15) is 0 Å². The third kappa shape index (κ3) is 3.27. The van der Waals surface area contributed by atoms with E-state index in [0.717, 1.165) is 19.6 Å². The van der Waals surface area contributed by atoms with Crippen LogP contribution in [0.3, 0.4) is 0 Å². The van der Waals surface area contributed by atoms with Gasteiger partial charge >= 0.3 is 0 Å². The number of hydrogen-bond acceptors (Lipinski definition) is 3. The average molecular weight is 199 g/mol. The van der Waals surface area contributed by atoms with Gasteiger partial charge in [-0.15, -0.1) is 0 Å². The van der Waals surface area contributed by atoms with Gasteiger partial charge in [0.05, 0.1) is 5.54 Å². The van der Waals surface area contributed by atoms with Gasteiger partial charge in [0.2, 0.25) is 5.91 Å². The number of carbonyl (C=O) groups excluding carboxylic acids is 1. The summed E-state index contributed by atoms with van der Waals surface area (Å²) in [5.41, 5.74) is 4.69. The Balaban J connectivity index is 2.28. The van der Waals surface area contributed by atoms with E-state index in [9.17, 15) is 4.79 Å². The first kappa shape index (κ1) is 11.5. The standard InChI is InChI=1S/C10H21N3O/c1-10(2,9(11)14)13-7-8-3-5-12-6-4-8/h8,12-13H,3-7H2,1-2H3,(H2,11,14). The first-order valence-electron chi connectivity index (χ1n) is 5.28. The summed E-state index contributed by atoms with van der Waals surface area (Å²) in [5, 5.41) is 6.54. The monoisotopic (exact) mass is 199 g/mol. The first-order valence-corrected chi connectivity index (χ1v) is 5.28. The molecule has 0 saturated carbocycles. The fourth-order valence-corrected chi connectivity index (χ4v) is 1.57. The highest BCUT2D eigenvalue weighted by atomic mass is 16.1. The molecule has 1 aliphatic rings. The van der Waals surface area contributed by atoms with E-state index >= 15 is 0 Å². The molecular weight excluding hydrogens is 178 g/mol. The average Bonchev–Trinajstić information content (AvgIpc) is 2.16. The Morgan fingerprint density at radius 1 is 1.50 bits per heavy atom. The Bertz CT molecular complexity index is 198. The van der Waals surface area contributed by atoms with Crippen LogP contribution in [0.4, 0.5) is 0 Å². The van der Waals surface area contributed by atoms with Crippen molar-refractivity contribution in [3.8, 4) is 0 Å². The lowest BCUT2D eigenvalue weighted by molar-refractivity contribution is -0.123. The molecule has 1 aliphatic heterocycles. The van der Waals surface area contributed by atoms with Gasteiger partial charge < -0.3 is 16.4 Å². The van der Waals surface area contributed by atoms with Gasteiger partial charge in [-0.25, -0.2) is 0 Å². The van der Waals surface area contributed by atoms with Gasteiger partial charge in [0, 0.05) is 0 Å². The van der Waals surface area contributed by atoms with Crippen LogP contribution in [0.2, 0.25) is 0 Å². The molecule has 0 aromatic carbocycles. The number of rotatable bonds is 4. The molecule has 4 N–H and O–H groups in total. The van der Waals surface area contributed by atoms with E-state index < -0.39 is 5.54 Å². The molecule has 14 heavy (non-hydrogen) atoms. The maximum Gasteiger partial charge on any atom is 0.237 e. The van der Waals surface area contributed by atoms with Crippen molar-refractivity contribution in [2.24, 2.45) is 11.7 Å². The van der Waals surface area contributed by atoms with Crippen LogP contribution >= 0.6 is 0 Å². The summed E-state index contributed by atoms with van der Waals surface area (Å²) in [6.07, 6.45) is 2.36. The van der Waals surface area contributed by atoms with E-state index in [1.165, 1.54) is 12.8 Å². The molecule has 0 atom stereocenters. The lowest BCUT2D eigenvalue weighted by atomic mass is 9.96. The van der Waals surface area contributed by atoms with Crippen molar-refractivity contribution in [3.63, 3.8) is 0 Å². The number of amides is 1. The molecule has 0 aromatic heterocycles. The van der Waals surface area contributed by atoms with Gasteiger partial charge in [-0.05, 0) is 52.2 Å². The fourth-order valence-electron chi connectivity index (χ4n) is 1.57. The maximum absolute atomic E-state index is 11.0. The highest BCUT2D eigenvalue weighted by molar-refractivity contribution is 5.83. The zero-order valence-corrected chi connectivity index (χ0v) is 9.10. The second-order valence-electron chi connectivity index (χ2n) is 4.56. The minimum Gasteiger partial charge on any atom is -0.368 e. The lowest BCUT2D eigenvalue weighted by Crippen LogP contribution is -2.52. The van der Waals surface area contributed by atoms with Crippen molar-refractivity contribution in [1.29, 1.82) is 0 Å². The third-order valence-corrected chi connectivity index (χ3v) is 2.91. The zero-order chi connectivity index (χ0) is 10.6. The van der Waals surface area contributed by atoms with Crippen molar-refractivity contribution in [1.82, 2.24) is 10.6 Å². The molecule has 4 nitrogen and oxygen atoms in total. The summed E-state index contributed by atoms with van der Waals surface area (Å²) < 4.78 is 0. The Hall–Kier alpha value is -0.610. The number of carbonyl (C=O) groups is 1. The topological polar surface area (TPSA) is 67.2 Å². The second-order valence-corrected chi connectivity index (χ2v) is 4.56. The molecule has 1 amide bonds. The quantitative estimate of drug-likeness (QED) is 0.589. The second kappa shape index (κ2) is 4.75. The Labute approximate surface area is 85.6 Å². The Kier molecular flexibility index (Phi) is 3.89. The van der Waals surface area contributed by atoms with Crippen LogP contribution < -0.4 is 16.4 Å². The van der Waals surface area contributed by atoms with E-state index in [4.69, 9.17) is 5.73 Å². The molecule has 1 fully saturated rings. The number of nitrogens with one attached hydrogen (secondary N) is 2. The molecule has 0 spiro atoms. The molecule has 1 rings (SSSR count). The van der Waals surface area contributed by atoms with Crippen LogP contribution in [-0.2, 0) is 4.79 Å². The Morgan fingerprint density at radius 3 is 2.57 bits per heavy atom. The molecule has 0 aromatic rings. The van der Waals surface area contributed by atoms with Gasteiger partial charge in [0.15, 0.2) is 0 Å². The molecule has 0 radical (unpaired) electrons. The molecule has 82 valence electrons. The van der Waals surface area contributed by atoms with Crippen LogP contribution in [0, 0.1) is 5.92 Å². The van der Waals surface area contributed by atoms with E-state index in [-0.39, 0.29) is 5.91 Å². The van der Waals surface area contributed by atoms with Crippen LogP contribution in [-0.4, -0.2) is 31.1 Å². The molecule has 1 saturated heterocycles. The van der Waals surface area contributed by atoms with E-state index in [1.807, 2.05) is 13.8 Å². The van der Waals surface area contributed by atoms with Gasteiger partial charge in [-0.3, -0.25) is 4.79 Å². The van der Waals surface area contributed by atoms with Gasteiger partial charge in [0.25, 0.3) is 0 Å². The van der Waals surface area contributed by atoms with Crippen LogP contribution in [0.15, 0.2) is 0 Å². The predicted octanol–water partition coefficient (Wildman–Crippen LogP) is -0.160. The van der Waals surface area contributed by atoms with Crippen molar-refractivity contribution in [3.05, 3.63) is 0 Å². The summed E-state index contributed by atoms with van der Waals surface area (Å²) in [6.45, 7) is 6.72. The van der Waals surface area contributed by atoms with Crippen LogP contribution in [0.25, 0.3) is 0 Å². The maximum atomic E-state index is 11.0. The van der Waals surface area contributed by atoms with Crippen LogP contribution in [0.1, 0.15) is 26.7 Å². The van der Waals surface area contributed by atoms with Gasteiger partial charge in [-0.2, -0.15) is 0 Å². The summed E-state index contributed by atoms with van der Waals surface area (Å²) in [7, 11) is 0. The minimum absolute atomic E-state index is 0.286. The normalized spacial score (nSPS) is 19.6. The number of primary amides is 1. The molecule has 4 heteroatoms. The van der Waals surface area contributed by atoms with Gasteiger partial charge in [-0.1, -0.05) is 0 Å². The summed E-state index contributed by atoms with van der Waals surface area (Å²) in [4.78, 5) is 11.0. The summed E-state index contributed by atoms with van der Waals surface area (Å²) >= 11 is 0. The van der Waals surface area contributed by atoms with E-state index in [0.29, 0.717) is 5.92 Å². The number of nitrogens with two attached hydrogens (primary N) is 1. The smallest absolute Gasteiger partial charge is 0.237 e. The van der Waals surface area contributed by atoms with E-state index in [2.05, 4.69) is 10.6 Å². The third-order valence-electron chi connectivity index (χ3n) is 2.91. The predicted molar refractivity (Wildman–Crippen MR) is 56.9 cm³/mol. The van der Waals surface area contributed by atoms with Crippen molar-refractivity contribution >= 4 is 5.91 Å². The number of hydrogen-bond donors (Lipinski definition) is 3. The highest BCUT2D eigenvalue weighted by Gasteiger charge is 2.25. The fraction of sp³-hybridized carbons (Fsp3) is 0.900. The molecular formula is C10H21N3O. The van der Waals surface area contributed by atoms with Crippen molar-refractivity contribution < 1.29 is 4.79 Å². The summed E-state index contributed by atoms with van der Waals surface area (Å²) in [5.74, 6) is 0.390. The van der Waals surface area contributed by atoms with E-state index in [1.54, 1.807) is 0 Å². The Morgan fingerprint density at radius 2 is 2.07 bits per heavy atom. The van der Waals surface area contributed by atoms with Crippen molar-refractivity contribution in [2.45, 2.75) is 32.2 Å². The molecule has 0 aliphatic carbocycles. The first-order chi connectivity index (χ1) is 6.52. The summed E-state index contributed by atoms with van der Waals surface area (Å²) in [6, 6.07) is 0. The minimum atomic E-state index is -0.578.